The van der Waals surface area contributed by atoms with Crippen molar-refractivity contribution in [2.45, 2.75) is 38.5 Å². The Morgan fingerprint density at radius 1 is 1.22 bits per heavy atom. The smallest absolute Gasteiger partial charge is 0.256 e. The molecule has 0 radical (unpaired) electrons. The van der Waals surface area contributed by atoms with E-state index in [-0.39, 0.29) is 24.9 Å². The average Bonchev–Trinajstić information content (AvgIpc) is 3.41. The molecular formula is C24H27F4N7O. The Morgan fingerprint density at radius 3 is 2.78 bits per heavy atom. The minimum absolute atomic E-state index is 0.152. The molecule has 1 aliphatic rings. The van der Waals surface area contributed by atoms with Gasteiger partial charge in [-0.05, 0) is 37.1 Å². The number of aryl methyl sites for hydroxylation is 1. The van der Waals surface area contributed by atoms with Crippen molar-refractivity contribution in [1.29, 1.82) is 0 Å². The number of aromatic nitrogens is 5. The van der Waals surface area contributed by atoms with Crippen molar-refractivity contribution in [2.75, 3.05) is 38.7 Å². The number of methoxy groups -OCH3 is 1. The maximum atomic E-state index is 14.7. The maximum absolute atomic E-state index is 14.7. The lowest BCUT2D eigenvalue weighted by Gasteiger charge is -2.34. The summed E-state index contributed by atoms with van der Waals surface area (Å²) >= 11 is 0. The number of fused-ring (bicyclic) bond motifs is 2. The zero-order chi connectivity index (χ0) is 25.4. The number of nitrogens with zero attached hydrogens (tertiary/aromatic N) is 6. The van der Waals surface area contributed by atoms with Crippen LogP contribution in [0.25, 0.3) is 27.7 Å². The first-order chi connectivity index (χ1) is 17.4. The normalized spacial score (nSPS) is 19.0. The van der Waals surface area contributed by atoms with Crippen LogP contribution in [0.2, 0.25) is 0 Å². The van der Waals surface area contributed by atoms with E-state index < -0.39 is 31.9 Å². The SMILES string of the molecule is COc1nc(NC2CCN(CCF)C[C@@H]2F)nn2ccc(-c3ccc4nc(C)n(CC(F)F)c4c3)c12. The van der Waals surface area contributed by atoms with Crippen LogP contribution in [0.3, 0.4) is 0 Å². The number of piperidine rings is 1. The highest BCUT2D eigenvalue weighted by Crippen LogP contribution is 2.33. The second-order valence-corrected chi connectivity index (χ2v) is 8.88. The Bertz CT molecular complexity index is 1370. The van der Waals surface area contributed by atoms with E-state index in [4.69, 9.17) is 4.74 Å². The fourth-order valence-electron chi connectivity index (χ4n) is 4.83. The number of nitrogens with one attached hydrogen (secondary N) is 1. The lowest BCUT2D eigenvalue weighted by molar-refractivity contribution is 0.120. The third kappa shape index (κ3) is 4.57. The number of imidazole rings is 1. The van der Waals surface area contributed by atoms with Gasteiger partial charge < -0.3 is 14.6 Å². The molecule has 192 valence electrons. The van der Waals surface area contributed by atoms with Crippen LogP contribution in [0, 0.1) is 6.92 Å². The topological polar surface area (TPSA) is 72.5 Å². The number of halogens is 4. The van der Waals surface area contributed by atoms with Crippen molar-refractivity contribution in [2.24, 2.45) is 0 Å². The molecule has 0 amide bonds. The Hall–Kier alpha value is -3.41. The predicted molar refractivity (Wildman–Crippen MR) is 128 cm³/mol. The van der Waals surface area contributed by atoms with Crippen LogP contribution in [-0.2, 0) is 6.54 Å². The number of likely N-dealkylation sites (tertiary alicyclic amines) is 1. The van der Waals surface area contributed by atoms with Crippen LogP contribution in [0.1, 0.15) is 12.2 Å². The molecule has 0 spiro atoms. The Kier molecular flexibility index (Phi) is 6.69. The van der Waals surface area contributed by atoms with Crippen LogP contribution < -0.4 is 10.1 Å². The summed E-state index contributed by atoms with van der Waals surface area (Å²) < 4.78 is 62.2. The summed E-state index contributed by atoms with van der Waals surface area (Å²) in [6, 6.07) is 6.81. The second kappa shape index (κ2) is 9.92. The average molecular weight is 506 g/mol. The molecule has 4 heterocycles. The third-order valence-corrected chi connectivity index (χ3v) is 6.58. The number of alkyl halides is 4. The monoisotopic (exact) mass is 505 g/mol. The Balaban J connectivity index is 1.47. The van der Waals surface area contributed by atoms with Gasteiger partial charge in [-0.3, -0.25) is 4.90 Å². The van der Waals surface area contributed by atoms with Crippen LogP contribution in [0.4, 0.5) is 23.5 Å². The highest BCUT2D eigenvalue weighted by atomic mass is 19.3. The van der Waals surface area contributed by atoms with Crippen molar-refractivity contribution >= 4 is 22.5 Å². The van der Waals surface area contributed by atoms with Gasteiger partial charge in [-0.25, -0.2) is 27.1 Å². The van der Waals surface area contributed by atoms with E-state index in [0.29, 0.717) is 35.3 Å². The van der Waals surface area contributed by atoms with Gasteiger partial charge in [0.05, 0.1) is 30.7 Å². The Labute approximate surface area is 204 Å². The molecule has 1 aliphatic heterocycles. The highest BCUT2D eigenvalue weighted by molar-refractivity contribution is 5.89. The molecule has 8 nitrogen and oxygen atoms in total. The Morgan fingerprint density at radius 2 is 2.06 bits per heavy atom. The first-order valence-electron chi connectivity index (χ1n) is 11.8. The molecule has 2 atom stereocenters. The van der Waals surface area contributed by atoms with Gasteiger partial charge in [-0.15, -0.1) is 5.10 Å². The summed E-state index contributed by atoms with van der Waals surface area (Å²) in [6.07, 6.45) is -1.46. The zero-order valence-corrected chi connectivity index (χ0v) is 20.0. The van der Waals surface area contributed by atoms with Crippen LogP contribution >= 0.6 is 0 Å². The molecule has 4 aromatic rings. The van der Waals surface area contributed by atoms with Gasteiger partial charge in [-0.2, -0.15) is 4.98 Å². The number of benzene rings is 1. The standard InChI is InChI=1S/C24H27F4N7O/c1-14-29-19-4-3-15(11-20(19)34(14)13-21(27)28)16-5-9-35-22(16)23(36-2)31-24(32-35)30-18-6-8-33(10-7-25)12-17(18)26/h3-5,9,11,17-18,21H,6-8,10,12-13H2,1-2H3,(H,30,32)/t17-,18?/m0/s1. The summed E-state index contributed by atoms with van der Waals surface area (Å²) in [5.74, 6) is 1.02. The minimum atomic E-state index is -2.50. The lowest BCUT2D eigenvalue weighted by Crippen LogP contribution is -2.48. The summed E-state index contributed by atoms with van der Waals surface area (Å²) in [5, 5.41) is 7.56. The summed E-state index contributed by atoms with van der Waals surface area (Å²) in [4.78, 5) is 10.6. The van der Waals surface area contributed by atoms with Gasteiger partial charge in [0.2, 0.25) is 11.8 Å². The van der Waals surface area contributed by atoms with Crippen molar-refractivity contribution in [3.05, 3.63) is 36.3 Å². The molecule has 1 unspecified atom stereocenters. The molecule has 12 heteroatoms. The van der Waals surface area contributed by atoms with E-state index in [1.54, 1.807) is 28.6 Å². The van der Waals surface area contributed by atoms with E-state index in [9.17, 15) is 17.6 Å². The minimum Gasteiger partial charge on any atom is -0.479 e. The lowest BCUT2D eigenvalue weighted by atomic mass is 10.0. The highest BCUT2D eigenvalue weighted by Gasteiger charge is 2.30. The van der Waals surface area contributed by atoms with E-state index in [0.717, 1.165) is 11.1 Å². The number of anilines is 1. The first-order valence-corrected chi connectivity index (χ1v) is 11.8. The van der Waals surface area contributed by atoms with Crippen molar-refractivity contribution < 1.29 is 22.3 Å². The van der Waals surface area contributed by atoms with Gasteiger partial charge in [0.25, 0.3) is 6.43 Å². The van der Waals surface area contributed by atoms with E-state index >= 15 is 0 Å². The molecule has 5 rings (SSSR count). The number of hydrogen-bond acceptors (Lipinski definition) is 6. The quantitative estimate of drug-likeness (QED) is 0.363. The van der Waals surface area contributed by atoms with Crippen molar-refractivity contribution in [3.8, 4) is 17.0 Å². The number of hydrogen-bond donors (Lipinski definition) is 1. The molecule has 0 saturated carbocycles. The van der Waals surface area contributed by atoms with Gasteiger partial charge in [0, 0.05) is 31.4 Å². The molecule has 1 aromatic carbocycles. The number of ether oxygens (including phenoxy) is 1. The van der Waals surface area contributed by atoms with Crippen LogP contribution in [-0.4, -0.2) is 81.1 Å². The van der Waals surface area contributed by atoms with Crippen molar-refractivity contribution in [1.82, 2.24) is 29.0 Å². The summed E-state index contributed by atoms with van der Waals surface area (Å²) in [6.45, 7) is 1.72. The number of rotatable bonds is 8. The van der Waals surface area contributed by atoms with E-state index in [2.05, 4.69) is 20.4 Å². The maximum Gasteiger partial charge on any atom is 0.256 e. The summed E-state index contributed by atoms with van der Waals surface area (Å²) in [5.41, 5.74) is 3.36. The van der Waals surface area contributed by atoms with Gasteiger partial charge in [-0.1, -0.05) is 6.07 Å². The van der Waals surface area contributed by atoms with E-state index in [1.807, 2.05) is 18.2 Å². The van der Waals surface area contributed by atoms with E-state index in [1.165, 1.54) is 11.7 Å². The van der Waals surface area contributed by atoms with Gasteiger partial charge >= 0.3 is 0 Å². The molecule has 1 N–H and O–H groups in total. The molecule has 1 fully saturated rings. The third-order valence-electron chi connectivity index (χ3n) is 6.58. The first kappa shape index (κ1) is 24.3. The fraction of sp³-hybridized carbons (Fsp3) is 0.458. The largest absolute Gasteiger partial charge is 0.479 e. The van der Waals surface area contributed by atoms with Crippen LogP contribution in [0.5, 0.6) is 5.88 Å². The molecule has 1 saturated heterocycles. The molecule has 0 aliphatic carbocycles. The second-order valence-electron chi connectivity index (χ2n) is 8.88. The summed E-state index contributed by atoms with van der Waals surface area (Å²) in [7, 11) is 1.49. The molecule has 36 heavy (non-hydrogen) atoms. The fourth-order valence-corrected chi connectivity index (χ4v) is 4.83. The predicted octanol–water partition coefficient (Wildman–Crippen LogP) is 4.12. The van der Waals surface area contributed by atoms with Gasteiger partial charge in [0.1, 0.15) is 24.2 Å². The molecule has 0 bridgehead atoms. The van der Waals surface area contributed by atoms with Crippen molar-refractivity contribution in [3.63, 3.8) is 0 Å². The van der Waals surface area contributed by atoms with Gasteiger partial charge in [0.15, 0.2) is 0 Å². The molecule has 3 aromatic heterocycles. The zero-order valence-electron chi connectivity index (χ0n) is 20.0. The molecular weight excluding hydrogens is 478 g/mol. The van der Waals surface area contributed by atoms with Crippen LogP contribution in [0.15, 0.2) is 30.5 Å².